The monoisotopic (exact) mass is 455 g/mol. The third-order valence-corrected chi connectivity index (χ3v) is 6.28. The predicted molar refractivity (Wildman–Crippen MR) is 124 cm³/mol. The van der Waals surface area contributed by atoms with Crippen LogP contribution in [0.2, 0.25) is 10.0 Å². The lowest BCUT2D eigenvalue weighted by Gasteiger charge is -2.44. The SMILES string of the molecule is CC1(C)CC(=O)C2=C(C1)N(c1ccc(Cl)cc1)C(N)=C(C(N)=O)C2c1cccc(Cl)c1. The molecule has 1 heterocycles. The molecule has 1 aliphatic heterocycles. The molecule has 4 rings (SSSR count). The molecule has 1 unspecified atom stereocenters. The number of hydrogen-bond acceptors (Lipinski definition) is 4. The van der Waals surface area contributed by atoms with Gasteiger partial charge in [0, 0.05) is 39.3 Å². The highest BCUT2D eigenvalue weighted by Crippen LogP contribution is 2.50. The minimum atomic E-state index is -0.675. The number of amides is 1. The van der Waals surface area contributed by atoms with E-state index in [4.69, 9.17) is 34.7 Å². The number of ketones is 1. The van der Waals surface area contributed by atoms with Crippen molar-refractivity contribution < 1.29 is 9.59 Å². The van der Waals surface area contributed by atoms with E-state index in [2.05, 4.69) is 0 Å². The first-order valence-electron chi connectivity index (χ1n) is 9.96. The van der Waals surface area contributed by atoms with Crippen LogP contribution >= 0.6 is 23.2 Å². The van der Waals surface area contributed by atoms with E-state index >= 15 is 0 Å². The van der Waals surface area contributed by atoms with E-state index in [-0.39, 0.29) is 22.6 Å². The van der Waals surface area contributed by atoms with Crippen LogP contribution in [0.5, 0.6) is 0 Å². The summed E-state index contributed by atoms with van der Waals surface area (Å²) in [5.74, 6) is -1.16. The van der Waals surface area contributed by atoms with Crippen molar-refractivity contribution in [2.45, 2.75) is 32.6 Å². The molecule has 0 saturated carbocycles. The maximum Gasteiger partial charge on any atom is 0.249 e. The Morgan fingerprint density at radius 1 is 1.06 bits per heavy atom. The number of allylic oxidation sites excluding steroid dienone is 2. The molecule has 2 aliphatic rings. The second-order valence-electron chi connectivity index (χ2n) is 8.76. The van der Waals surface area contributed by atoms with Gasteiger partial charge in [-0.1, -0.05) is 49.2 Å². The summed E-state index contributed by atoms with van der Waals surface area (Å²) in [7, 11) is 0. The molecule has 160 valence electrons. The third kappa shape index (κ3) is 3.84. The van der Waals surface area contributed by atoms with Crippen molar-refractivity contribution in [3.8, 4) is 0 Å². The summed E-state index contributed by atoms with van der Waals surface area (Å²) >= 11 is 12.3. The zero-order valence-corrected chi connectivity index (χ0v) is 18.8. The molecule has 7 heteroatoms. The van der Waals surface area contributed by atoms with E-state index in [0.717, 1.165) is 5.70 Å². The summed E-state index contributed by atoms with van der Waals surface area (Å²) < 4.78 is 0. The zero-order valence-electron chi connectivity index (χ0n) is 17.3. The van der Waals surface area contributed by atoms with E-state index < -0.39 is 11.8 Å². The zero-order chi connectivity index (χ0) is 22.5. The average molecular weight is 456 g/mol. The molecule has 2 aromatic rings. The Balaban J connectivity index is 2.03. The molecule has 5 nitrogen and oxygen atoms in total. The normalized spacial score (nSPS) is 20.7. The maximum absolute atomic E-state index is 13.5. The Bertz CT molecular complexity index is 1150. The van der Waals surface area contributed by atoms with Gasteiger partial charge in [0.25, 0.3) is 0 Å². The van der Waals surface area contributed by atoms with Crippen LogP contribution in [0.25, 0.3) is 0 Å². The first-order valence-corrected chi connectivity index (χ1v) is 10.7. The van der Waals surface area contributed by atoms with Gasteiger partial charge in [-0.3, -0.25) is 14.5 Å². The fourth-order valence-electron chi connectivity index (χ4n) is 4.56. The highest BCUT2D eigenvalue weighted by Gasteiger charge is 2.45. The quantitative estimate of drug-likeness (QED) is 0.688. The fourth-order valence-corrected chi connectivity index (χ4v) is 4.88. The lowest BCUT2D eigenvalue weighted by molar-refractivity contribution is -0.118. The van der Waals surface area contributed by atoms with Gasteiger partial charge in [0.05, 0.1) is 5.57 Å². The van der Waals surface area contributed by atoms with Crippen LogP contribution < -0.4 is 16.4 Å². The van der Waals surface area contributed by atoms with Gasteiger partial charge in [0.1, 0.15) is 5.82 Å². The molecular formula is C24H23Cl2N3O2. The number of rotatable bonds is 3. The largest absolute Gasteiger partial charge is 0.384 e. The molecule has 31 heavy (non-hydrogen) atoms. The second kappa shape index (κ2) is 7.74. The second-order valence-corrected chi connectivity index (χ2v) is 9.64. The third-order valence-electron chi connectivity index (χ3n) is 5.79. The van der Waals surface area contributed by atoms with Gasteiger partial charge in [0.2, 0.25) is 5.91 Å². The van der Waals surface area contributed by atoms with Crippen molar-refractivity contribution in [1.82, 2.24) is 0 Å². The number of nitrogens with two attached hydrogens (primary N) is 2. The van der Waals surface area contributed by atoms with Crippen LogP contribution in [-0.4, -0.2) is 11.7 Å². The summed E-state index contributed by atoms with van der Waals surface area (Å²) in [5.41, 5.74) is 15.1. The first-order chi connectivity index (χ1) is 14.6. The number of halogens is 2. The Kier molecular flexibility index (Phi) is 5.36. The van der Waals surface area contributed by atoms with E-state index in [1.165, 1.54) is 0 Å². The molecule has 0 spiro atoms. The number of primary amides is 1. The minimum absolute atomic E-state index is 0.0264. The molecule has 0 saturated heterocycles. The van der Waals surface area contributed by atoms with Gasteiger partial charge in [-0.25, -0.2) is 0 Å². The van der Waals surface area contributed by atoms with E-state index in [9.17, 15) is 9.59 Å². The van der Waals surface area contributed by atoms with Crippen molar-refractivity contribution in [1.29, 1.82) is 0 Å². The van der Waals surface area contributed by atoms with Crippen molar-refractivity contribution >= 4 is 40.6 Å². The molecule has 1 atom stereocenters. The highest BCUT2D eigenvalue weighted by atomic mass is 35.5. The van der Waals surface area contributed by atoms with Crippen LogP contribution in [0, 0.1) is 5.41 Å². The van der Waals surface area contributed by atoms with Gasteiger partial charge in [-0.15, -0.1) is 0 Å². The summed E-state index contributed by atoms with van der Waals surface area (Å²) in [6, 6.07) is 14.2. The molecule has 4 N–H and O–H groups in total. The molecule has 2 aromatic carbocycles. The molecule has 0 fully saturated rings. The van der Waals surface area contributed by atoms with Crippen LogP contribution in [0.3, 0.4) is 0 Å². The highest BCUT2D eigenvalue weighted by molar-refractivity contribution is 6.31. The number of benzene rings is 2. The topological polar surface area (TPSA) is 89.4 Å². The molecule has 1 amide bonds. The molecule has 0 aromatic heterocycles. The number of carbonyl (C=O) groups is 2. The number of Topliss-reactive ketones (excluding diaryl/α,β-unsaturated/α-hetero) is 1. The fraction of sp³-hybridized carbons (Fsp3) is 0.250. The van der Waals surface area contributed by atoms with Crippen molar-refractivity contribution in [3.63, 3.8) is 0 Å². The number of nitrogens with zero attached hydrogens (tertiary/aromatic N) is 1. The van der Waals surface area contributed by atoms with Crippen molar-refractivity contribution in [2.75, 3.05) is 4.90 Å². The van der Waals surface area contributed by atoms with Gasteiger partial charge in [-0.2, -0.15) is 0 Å². The van der Waals surface area contributed by atoms with Gasteiger partial charge in [0.15, 0.2) is 5.78 Å². The Labute approximate surface area is 191 Å². The van der Waals surface area contributed by atoms with Gasteiger partial charge < -0.3 is 11.5 Å². The summed E-state index contributed by atoms with van der Waals surface area (Å²) in [6.07, 6.45) is 0.976. The van der Waals surface area contributed by atoms with E-state index in [0.29, 0.717) is 39.7 Å². The molecule has 0 radical (unpaired) electrons. The Morgan fingerprint density at radius 3 is 2.35 bits per heavy atom. The number of carbonyl (C=O) groups excluding carboxylic acids is 2. The number of hydrogen-bond donors (Lipinski definition) is 2. The molecule has 1 aliphatic carbocycles. The van der Waals surface area contributed by atoms with E-state index in [1.807, 2.05) is 32.0 Å². The lowest BCUT2D eigenvalue weighted by atomic mass is 9.68. The molecule has 0 bridgehead atoms. The standard InChI is InChI=1S/C24H23Cl2N3O2/c1-24(2)11-17-20(18(30)12-24)19(13-4-3-5-15(26)10-13)21(23(28)31)22(27)29(17)16-8-6-14(25)7-9-16/h3-10,19H,11-12,27H2,1-2H3,(H2,28,31). The van der Waals surface area contributed by atoms with E-state index in [1.54, 1.807) is 35.2 Å². The lowest BCUT2D eigenvalue weighted by Crippen LogP contribution is -2.44. The Morgan fingerprint density at radius 2 is 1.74 bits per heavy atom. The maximum atomic E-state index is 13.5. The van der Waals surface area contributed by atoms with Crippen LogP contribution in [0.4, 0.5) is 5.69 Å². The minimum Gasteiger partial charge on any atom is -0.384 e. The average Bonchev–Trinajstić information content (AvgIpc) is 2.67. The predicted octanol–water partition coefficient (Wildman–Crippen LogP) is 4.90. The summed E-state index contributed by atoms with van der Waals surface area (Å²) in [5, 5.41) is 1.08. The smallest absolute Gasteiger partial charge is 0.249 e. The summed E-state index contributed by atoms with van der Waals surface area (Å²) in [4.78, 5) is 27.9. The number of anilines is 1. The van der Waals surface area contributed by atoms with Crippen LogP contribution in [-0.2, 0) is 9.59 Å². The van der Waals surface area contributed by atoms with Crippen molar-refractivity contribution in [3.05, 3.63) is 86.8 Å². The van der Waals surface area contributed by atoms with Crippen molar-refractivity contribution in [2.24, 2.45) is 16.9 Å². The summed E-state index contributed by atoms with van der Waals surface area (Å²) in [6.45, 7) is 4.10. The Hall–Kier alpha value is -2.76. The van der Waals surface area contributed by atoms with Crippen LogP contribution in [0.15, 0.2) is 71.2 Å². The van der Waals surface area contributed by atoms with Gasteiger partial charge in [-0.05, 0) is 53.8 Å². The van der Waals surface area contributed by atoms with Gasteiger partial charge >= 0.3 is 0 Å². The first kappa shape index (κ1) is 21.5. The van der Waals surface area contributed by atoms with Crippen LogP contribution in [0.1, 0.15) is 38.2 Å². The molecular weight excluding hydrogens is 433 g/mol.